The minimum atomic E-state index is -7.47. The summed E-state index contributed by atoms with van der Waals surface area (Å²) in [5.41, 5.74) is -19.8. The highest BCUT2D eigenvalue weighted by Crippen LogP contribution is 2.27. The monoisotopic (exact) mass is 1110 g/mol. The van der Waals surface area contributed by atoms with Crippen LogP contribution in [0, 0.1) is 175 Å². The molecule has 0 aliphatic carbocycles. The molecule has 0 aliphatic heterocycles. The molecule has 0 saturated carbocycles. The van der Waals surface area contributed by atoms with Gasteiger partial charge in [0.25, 0.3) is 0 Å². The average Bonchev–Trinajstić information content (AvgIpc) is 3.35. The first-order chi connectivity index (χ1) is 33.8. The molecule has 73 heavy (non-hydrogen) atoms. The Bertz CT molecular complexity index is 2620. The molecule has 384 valence electrons. The van der Waals surface area contributed by atoms with Crippen molar-refractivity contribution >= 4 is 68.7 Å². The van der Waals surface area contributed by atoms with Gasteiger partial charge in [-0.3, -0.25) is 0 Å². The second-order valence-corrected chi connectivity index (χ2v) is 15.1. The van der Waals surface area contributed by atoms with E-state index in [9.17, 15) is 79.0 Å². The van der Waals surface area contributed by atoms with Crippen LogP contribution < -0.4 is 32.8 Å². The van der Waals surface area contributed by atoms with Gasteiger partial charge in [0, 0.05) is 32.8 Å². The largest absolute Gasteiger partial charge is 0.858 e. The van der Waals surface area contributed by atoms with Gasteiger partial charge in [-0.2, -0.15) is 0 Å². The SMILES string of the molecule is Fc1c(F)c(F)c(B([O][Al]([O]B(c2c(F)c(F)c(F)c(F)c2F)c2c(F)c(F)c(F)c(F)c2F)[O]B(c2c(F)c(F)c(F)c(F)c2F)c2c(F)c(F)c(F)c(F)c2F)c2c(F)c(F)c(F)c(F)c2F)c(F)c1F. The van der Waals surface area contributed by atoms with Crippen molar-refractivity contribution in [2.24, 2.45) is 0 Å². The Morgan fingerprint density at radius 3 is 0.329 bits per heavy atom. The van der Waals surface area contributed by atoms with Crippen LogP contribution in [0.3, 0.4) is 0 Å². The third kappa shape index (κ3) is 8.88. The molecule has 0 atom stereocenters. The molecule has 0 aliphatic rings. The summed E-state index contributed by atoms with van der Waals surface area (Å²) in [5.74, 6) is -106. The molecule has 6 aromatic rings. The molecule has 37 heteroatoms. The molecular formula is C36AlB3F30O3. The Morgan fingerprint density at radius 2 is 0.233 bits per heavy atom. The number of halogens is 30. The topological polar surface area (TPSA) is 27.7 Å². The van der Waals surface area contributed by atoms with Crippen molar-refractivity contribution in [2.45, 2.75) is 0 Å². The van der Waals surface area contributed by atoms with Crippen LogP contribution in [0.2, 0.25) is 0 Å². The maximum absolute atomic E-state index is 15.6. The van der Waals surface area contributed by atoms with Crippen LogP contribution in [-0.2, 0) is 11.1 Å². The van der Waals surface area contributed by atoms with Crippen molar-refractivity contribution in [3.8, 4) is 0 Å². The predicted molar refractivity (Wildman–Crippen MR) is 181 cm³/mol. The average molecular weight is 1110 g/mol. The highest BCUT2D eigenvalue weighted by Gasteiger charge is 2.54. The van der Waals surface area contributed by atoms with Crippen molar-refractivity contribution in [1.29, 1.82) is 0 Å². The molecule has 0 saturated heterocycles. The summed E-state index contributed by atoms with van der Waals surface area (Å²) in [6.45, 7) is -14.6. The first-order valence-corrected chi connectivity index (χ1v) is 19.2. The highest BCUT2D eigenvalue weighted by atomic mass is 27.3. The normalized spacial score (nSPS) is 11.6. The lowest BCUT2D eigenvalue weighted by Gasteiger charge is -2.29. The number of benzene rings is 6. The summed E-state index contributed by atoms with van der Waals surface area (Å²) in [5, 5.41) is 0. The molecule has 0 fully saturated rings. The lowest BCUT2D eigenvalue weighted by atomic mass is 9.54. The summed E-state index contributed by atoms with van der Waals surface area (Å²) in [4.78, 5) is 0. The fourth-order valence-electron chi connectivity index (χ4n) is 6.38. The molecule has 6 rings (SSSR count). The van der Waals surface area contributed by atoms with E-state index in [0.29, 0.717) is 0 Å². The summed E-state index contributed by atoms with van der Waals surface area (Å²) in [6, 6.07) is 0. The van der Waals surface area contributed by atoms with E-state index in [4.69, 9.17) is 0 Å². The zero-order valence-electron chi connectivity index (χ0n) is 32.9. The molecule has 0 N–H and O–H groups in total. The van der Waals surface area contributed by atoms with E-state index in [1.54, 1.807) is 0 Å². The van der Waals surface area contributed by atoms with Crippen molar-refractivity contribution < 1.29 is 143 Å². The van der Waals surface area contributed by atoms with Gasteiger partial charge in [0.05, 0.1) is 0 Å². The van der Waals surface area contributed by atoms with Crippen LogP contribution >= 0.6 is 0 Å². The van der Waals surface area contributed by atoms with Crippen LogP contribution in [0.15, 0.2) is 0 Å². The molecule has 0 aromatic heterocycles. The van der Waals surface area contributed by atoms with Crippen LogP contribution in [0.1, 0.15) is 0 Å². The van der Waals surface area contributed by atoms with E-state index in [1.807, 2.05) is 0 Å². The zero-order valence-corrected chi connectivity index (χ0v) is 34.0. The van der Waals surface area contributed by atoms with Crippen LogP contribution in [0.25, 0.3) is 0 Å². The zero-order chi connectivity index (χ0) is 55.2. The van der Waals surface area contributed by atoms with Crippen LogP contribution in [0.5, 0.6) is 0 Å². The van der Waals surface area contributed by atoms with E-state index < -0.39 is 243 Å². The van der Waals surface area contributed by atoms with E-state index in [2.05, 4.69) is 11.1 Å². The molecule has 0 bridgehead atoms. The number of rotatable bonds is 12. The van der Waals surface area contributed by atoms with Gasteiger partial charge >= 0.3 is 35.9 Å². The Labute approximate surface area is 385 Å². The molecule has 3 nitrogen and oxygen atoms in total. The van der Waals surface area contributed by atoms with E-state index in [-0.39, 0.29) is 0 Å². The summed E-state index contributed by atoms with van der Waals surface area (Å²) >= 11 is -7.47. The first-order valence-electron chi connectivity index (χ1n) is 17.8. The van der Waals surface area contributed by atoms with Gasteiger partial charge < -0.3 is 11.1 Å². The van der Waals surface area contributed by atoms with Gasteiger partial charge in [0.1, 0.15) is 0 Å². The van der Waals surface area contributed by atoms with E-state index in [1.165, 1.54) is 0 Å². The highest BCUT2D eigenvalue weighted by molar-refractivity contribution is 6.90. The summed E-state index contributed by atoms with van der Waals surface area (Å²) < 4.78 is 463. The number of hydrogen-bond acceptors (Lipinski definition) is 3. The van der Waals surface area contributed by atoms with Crippen molar-refractivity contribution in [2.75, 3.05) is 0 Å². The Kier molecular flexibility index (Phi) is 15.6. The van der Waals surface area contributed by atoms with E-state index in [0.717, 1.165) is 0 Å². The second kappa shape index (κ2) is 20.3. The molecule has 0 heterocycles. The van der Waals surface area contributed by atoms with Crippen molar-refractivity contribution in [3.05, 3.63) is 175 Å². The fourth-order valence-corrected chi connectivity index (χ4v) is 8.06. The quantitative estimate of drug-likeness (QED) is 0.0548. The minimum absolute atomic E-state index is 3.31. The minimum Gasteiger partial charge on any atom is -0.514 e. The van der Waals surface area contributed by atoms with Gasteiger partial charge in [-0.1, -0.05) is 0 Å². The third-order valence-electron chi connectivity index (χ3n) is 9.78. The molecule has 0 unspecified atom stereocenters. The maximum atomic E-state index is 15.6. The Balaban J connectivity index is 1.87. The lowest BCUT2D eigenvalue weighted by Crippen LogP contribution is -2.63. The molecule has 0 amide bonds. The molecule has 0 spiro atoms. The van der Waals surface area contributed by atoms with Crippen LogP contribution in [0.4, 0.5) is 132 Å². The summed E-state index contributed by atoms with van der Waals surface area (Å²) in [7, 11) is 0. The first kappa shape index (κ1) is 56.1. The number of hydrogen-bond donors (Lipinski definition) is 0. The fraction of sp³-hybridized carbons (Fsp3) is 0. The van der Waals surface area contributed by atoms with E-state index >= 15 is 52.7 Å². The summed E-state index contributed by atoms with van der Waals surface area (Å²) in [6.07, 6.45) is 0. The lowest BCUT2D eigenvalue weighted by molar-refractivity contribution is 0.317. The van der Waals surface area contributed by atoms with Crippen LogP contribution in [-0.4, -0.2) is 35.9 Å². The molecular weight excluding hydrogens is 1110 g/mol. The van der Waals surface area contributed by atoms with Crippen molar-refractivity contribution in [1.82, 2.24) is 0 Å². The van der Waals surface area contributed by atoms with Gasteiger partial charge in [-0.05, 0) is 0 Å². The Hall–Kier alpha value is -6.17. The predicted octanol–water partition coefficient (Wildman–Crippen LogP) is 7.61. The maximum Gasteiger partial charge on any atom is 0.858 e. The Morgan fingerprint density at radius 1 is 0.151 bits per heavy atom. The van der Waals surface area contributed by atoms with Gasteiger partial charge in [0.2, 0.25) is 0 Å². The smallest absolute Gasteiger partial charge is 0.514 e. The standard InChI is InChI=1S/3C12BF10O.Al/c3*14-3-1(4(15)8(19)11(22)7(3)18)13(24)2-5(16)9(20)12(23)10(21)6(2)17;/q3*-1;+3. The molecule has 6 aromatic carbocycles. The van der Waals surface area contributed by atoms with Gasteiger partial charge in [-0.25, -0.2) is 132 Å². The van der Waals surface area contributed by atoms with Gasteiger partial charge in [-0.15, -0.1) is 0 Å². The van der Waals surface area contributed by atoms with Crippen molar-refractivity contribution in [3.63, 3.8) is 0 Å². The second-order valence-electron chi connectivity index (χ2n) is 13.7. The van der Waals surface area contributed by atoms with Gasteiger partial charge in [0.15, 0.2) is 175 Å². The third-order valence-corrected chi connectivity index (χ3v) is 11.3. The molecule has 0 radical (unpaired) electrons.